The Balaban J connectivity index is 1.84. The van der Waals surface area contributed by atoms with Crippen molar-refractivity contribution in [3.05, 3.63) is 60.2 Å². The molecule has 0 saturated carbocycles. The first-order chi connectivity index (χ1) is 12.9. The molecule has 0 radical (unpaired) electrons. The zero-order valence-corrected chi connectivity index (χ0v) is 15.7. The van der Waals surface area contributed by atoms with Crippen molar-refractivity contribution in [2.75, 3.05) is 18.6 Å². The second-order valence-electron chi connectivity index (χ2n) is 5.95. The van der Waals surface area contributed by atoms with Gasteiger partial charge in [-0.1, -0.05) is 25.1 Å². The van der Waals surface area contributed by atoms with Crippen LogP contribution in [0, 0.1) is 0 Å². The maximum Gasteiger partial charge on any atom is 0.344 e. The maximum atomic E-state index is 12.4. The van der Waals surface area contributed by atoms with Crippen LogP contribution in [0.2, 0.25) is 0 Å². The molecule has 1 atom stereocenters. The highest BCUT2D eigenvalue weighted by atomic mass is 16.6. The standard InChI is InChI=1S/C21H23NO5/c1-4-19(23)16-10-12-18(13-11-16)26-14-20(24)27-15(2)21(25)22(3)17-8-6-5-7-9-17/h5-13,15H,4,14H2,1-3H3. The van der Waals surface area contributed by atoms with E-state index >= 15 is 0 Å². The third kappa shape index (κ3) is 5.67. The highest BCUT2D eigenvalue weighted by Crippen LogP contribution is 2.15. The summed E-state index contributed by atoms with van der Waals surface area (Å²) in [5, 5.41) is 0. The van der Waals surface area contributed by atoms with E-state index in [1.165, 1.54) is 11.8 Å². The molecule has 0 aliphatic heterocycles. The number of likely N-dealkylation sites (N-methyl/N-ethyl adjacent to an activating group) is 1. The van der Waals surface area contributed by atoms with Crippen LogP contribution in [0.25, 0.3) is 0 Å². The number of esters is 1. The topological polar surface area (TPSA) is 72.9 Å². The van der Waals surface area contributed by atoms with Crippen molar-refractivity contribution in [2.24, 2.45) is 0 Å². The molecule has 6 heteroatoms. The Morgan fingerprint density at radius 2 is 1.63 bits per heavy atom. The third-order valence-electron chi connectivity index (χ3n) is 3.98. The fraction of sp³-hybridized carbons (Fsp3) is 0.286. The van der Waals surface area contributed by atoms with Gasteiger partial charge in [-0.05, 0) is 43.3 Å². The lowest BCUT2D eigenvalue weighted by Gasteiger charge is -2.21. The van der Waals surface area contributed by atoms with Crippen LogP contribution in [0.1, 0.15) is 30.6 Å². The van der Waals surface area contributed by atoms with E-state index < -0.39 is 12.1 Å². The van der Waals surface area contributed by atoms with Gasteiger partial charge in [-0.2, -0.15) is 0 Å². The van der Waals surface area contributed by atoms with Gasteiger partial charge < -0.3 is 14.4 Å². The Hall–Kier alpha value is -3.15. The summed E-state index contributed by atoms with van der Waals surface area (Å²) >= 11 is 0. The van der Waals surface area contributed by atoms with Crippen molar-refractivity contribution >= 4 is 23.3 Å². The molecule has 0 N–H and O–H groups in total. The third-order valence-corrected chi connectivity index (χ3v) is 3.98. The van der Waals surface area contributed by atoms with E-state index in [-0.39, 0.29) is 18.3 Å². The fourth-order valence-corrected chi connectivity index (χ4v) is 2.42. The minimum absolute atomic E-state index is 0.0378. The molecule has 27 heavy (non-hydrogen) atoms. The summed E-state index contributed by atoms with van der Waals surface area (Å²) in [6.07, 6.45) is -0.508. The zero-order chi connectivity index (χ0) is 19.8. The number of amides is 1. The van der Waals surface area contributed by atoms with Crippen LogP contribution < -0.4 is 9.64 Å². The number of rotatable bonds is 8. The molecule has 0 heterocycles. The lowest BCUT2D eigenvalue weighted by atomic mass is 10.1. The molecular formula is C21H23NO5. The van der Waals surface area contributed by atoms with Gasteiger partial charge in [0.25, 0.3) is 5.91 Å². The SMILES string of the molecule is CCC(=O)c1ccc(OCC(=O)OC(C)C(=O)N(C)c2ccccc2)cc1. The molecule has 2 rings (SSSR count). The first-order valence-corrected chi connectivity index (χ1v) is 8.70. The largest absolute Gasteiger partial charge is 0.482 e. The Morgan fingerprint density at radius 3 is 2.22 bits per heavy atom. The number of benzene rings is 2. The summed E-state index contributed by atoms with van der Waals surface area (Å²) in [7, 11) is 1.62. The molecule has 0 saturated heterocycles. The number of anilines is 1. The molecule has 6 nitrogen and oxygen atoms in total. The first kappa shape index (κ1) is 20.2. The summed E-state index contributed by atoms with van der Waals surface area (Å²) in [6.45, 7) is 2.99. The van der Waals surface area contributed by atoms with Crippen LogP contribution in [-0.2, 0) is 14.3 Å². The number of hydrogen-bond acceptors (Lipinski definition) is 5. The van der Waals surface area contributed by atoms with Crippen LogP contribution in [0.5, 0.6) is 5.75 Å². The van der Waals surface area contributed by atoms with Crippen LogP contribution in [0.4, 0.5) is 5.69 Å². The molecule has 1 unspecified atom stereocenters. The maximum absolute atomic E-state index is 12.4. The number of hydrogen-bond donors (Lipinski definition) is 0. The molecule has 0 aliphatic carbocycles. The van der Waals surface area contributed by atoms with Crippen molar-refractivity contribution in [3.8, 4) is 5.75 Å². The molecule has 0 fully saturated rings. The number of carbonyl (C=O) groups is 3. The monoisotopic (exact) mass is 369 g/mol. The van der Waals surface area contributed by atoms with Gasteiger partial charge in [0.05, 0.1) is 0 Å². The van der Waals surface area contributed by atoms with Crippen LogP contribution in [0.15, 0.2) is 54.6 Å². The Morgan fingerprint density at radius 1 is 1.00 bits per heavy atom. The van der Waals surface area contributed by atoms with E-state index in [2.05, 4.69) is 0 Å². The number of nitrogens with zero attached hydrogens (tertiary/aromatic N) is 1. The molecular weight excluding hydrogens is 346 g/mol. The predicted molar refractivity (Wildman–Crippen MR) is 102 cm³/mol. The summed E-state index contributed by atoms with van der Waals surface area (Å²) in [4.78, 5) is 37.3. The van der Waals surface area contributed by atoms with Crippen molar-refractivity contribution in [3.63, 3.8) is 0 Å². The average Bonchev–Trinajstić information content (AvgIpc) is 2.71. The number of carbonyl (C=O) groups excluding carboxylic acids is 3. The minimum atomic E-state index is -0.934. The van der Waals surface area contributed by atoms with Crippen LogP contribution in [0.3, 0.4) is 0 Å². The molecule has 142 valence electrons. The van der Waals surface area contributed by atoms with Crippen molar-refractivity contribution in [1.82, 2.24) is 0 Å². The van der Waals surface area contributed by atoms with Crippen molar-refractivity contribution in [2.45, 2.75) is 26.4 Å². The predicted octanol–water partition coefficient (Wildman–Crippen LogP) is 3.25. The van der Waals surface area contributed by atoms with E-state index in [1.807, 2.05) is 18.2 Å². The van der Waals surface area contributed by atoms with Gasteiger partial charge in [-0.15, -0.1) is 0 Å². The number of ether oxygens (including phenoxy) is 2. The molecule has 0 spiro atoms. The van der Waals surface area contributed by atoms with Gasteiger partial charge in [0.2, 0.25) is 0 Å². The summed E-state index contributed by atoms with van der Waals surface area (Å²) in [5.74, 6) is -0.501. The van der Waals surface area contributed by atoms with Crippen LogP contribution >= 0.6 is 0 Å². The smallest absolute Gasteiger partial charge is 0.344 e. The molecule has 0 bridgehead atoms. The molecule has 0 aromatic heterocycles. The van der Waals surface area contributed by atoms with Gasteiger partial charge in [0.15, 0.2) is 18.5 Å². The van der Waals surface area contributed by atoms with Crippen molar-refractivity contribution < 1.29 is 23.9 Å². The molecule has 0 aliphatic rings. The Kier molecular flexibility index (Phi) is 7.11. The van der Waals surface area contributed by atoms with Crippen molar-refractivity contribution in [1.29, 1.82) is 0 Å². The van der Waals surface area contributed by atoms with E-state index in [4.69, 9.17) is 9.47 Å². The van der Waals surface area contributed by atoms with Gasteiger partial charge in [-0.3, -0.25) is 9.59 Å². The van der Waals surface area contributed by atoms with Gasteiger partial charge in [0, 0.05) is 24.7 Å². The Labute approximate surface area is 158 Å². The lowest BCUT2D eigenvalue weighted by Crippen LogP contribution is -2.38. The summed E-state index contributed by atoms with van der Waals surface area (Å²) < 4.78 is 10.5. The molecule has 2 aromatic rings. The minimum Gasteiger partial charge on any atom is -0.482 e. The second kappa shape index (κ2) is 9.52. The number of ketones is 1. The summed E-state index contributed by atoms with van der Waals surface area (Å²) in [5.41, 5.74) is 1.30. The second-order valence-corrected chi connectivity index (χ2v) is 5.95. The normalized spacial score (nSPS) is 11.4. The number of Topliss-reactive ketones (excluding diaryl/α,β-unsaturated/α-hetero) is 1. The molecule has 1 amide bonds. The van der Waals surface area contributed by atoms with Gasteiger partial charge >= 0.3 is 5.97 Å². The fourth-order valence-electron chi connectivity index (χ4n) is 2.42. The summed E-state index contributed by atoms with van der Waals surface area (Å²) in [6, 6.07) is 15.6. The highest BCUT2D eigenvalue weighted by Gasteiger charge is 2.22. The zero-order valence-electron chi connectivity index (χ0n) is 15.7. The van der Waals surface area contributed by atoms with E-state index in [9.17, 15) is 14.4 Å². The number of para-hydroxylation sites is 1. The molecule has 2 aromatic carbocycles. The van der Waals surface area contributed by atoms with E-state index in [0.29, 0.717) is 23.4 Å². The van der Waals surface area contributed by atoms with Gasteiger partial charge in [0.1, 0.15) is 5.75 Å². The Bertz CT molecular complexity index is 786. The van der Waals surface area contributed by atoms with Gasteiger partial charge in [-0.25, -0.2) is 4.79 Å². The van der Waals surface area contributed by atoms with E-state index in [0.717, 1.165) is 0 Å². The highest BCUT2D eigenvalue weighted by molar-refractivity contribution is 5.97. The average molecular weight is 369 g/mol. The lowest BCUT2D eigenvalue weighted by molar-refractivity contribution is -0.155. The van der Waals surface area contributed by atoms with Crippen LogP contribution in [-0.4, -0.2) is 37.4 Å². The first-order valence-electron chi connectivity index (χ1n) is 8.70. The quantitative estimate of drug-likeness (QED) is 0.527. The van der Waals surface area contributed by atoms with E-state index in [1.54, 1.807) is 50.4 Å².